The van der Waals surface area contributed by atoms with E-state index in [4.69, 9.17) is 0 Å². The summed E-state index contributed by atoms with van der Waals surface area (Å²) in [5, 5.41) is 5.50. The smallest absolute Gasteiger partial charge is 0.226 e. The van der Waals surface area contributed by atoms with Crippen LogP contribution in [0.4, 0.5) is 0 Å². The Morgan fingerprint density at radius 3 is 2.77 bits per heavy atom. The van der Waals surface area contributed by atoms with Gasteiger partial charge in [0.15, 0.2) is 0 Å². The molecule has 1 N–H and O–H groups in total. The Bertz CT molecular complexity index is 439. The third-order valence-corrected chi connectivity index (χ3v) is 4.89. The Morgan fingerprint density at radius 2 is 2.18 bits per heavy atom. The fourth-order valence-corrected chi connectivity index (χ4v) is 3.51. The van der Waals surface area contributed by atoms with E-state index in [0.29, 0.717) is 11.9 Å². The van der Waals surface area contributed by atoms with E-state index in [1.54, 1.807) is 11.3 Å². The van der Waals surface area contributed by atoms with E-state index in [-0.39, 0.29) is 18.3 Å². The highest BCUT2D eigenvalue weighted by Gasteiger charge is 2.28. The van der Waals surface area contributed by atoms with Crippen LogP contribution in [0, 0.1) is 5.92 Å². The molecule has 0 radical (unpaired) electrons. The molecule has 1 aliphatic rings. The van der Waals surface area contributed by atoms with Gasteiger partial charge >= 0.3 is 0 Å². The van der Waals surface area contributed by atoms with E-state index < -0.39 is 0 Å². The van der Waals surface area contributed by atoms with Gasteiger partial charge in [0.05, 0.1) is 6.54 Å². The van der Waals surface area contributed by atoms with Gasteiger partial charge in [-0.25, -0.2) is 0 Å². The average Bonchev–Trinajstić information content (AvgIpc) is 2.95. The molecule has 2 rings (SSSR count). The van der Waals surface area contributed by atoms with Crippen LogP contribution in [0.15, 0.2) is 17.5 Å². The van der Waals surface area contributed by atoms with E-state index in [1.807, 2.05) is 0 Å². The van der Waals surface area contributed by atoms with E-state index in [0.717, 1.165) is 39.0 Å². The number of piperidine rings is 1. The molecule has 0 saturated carbocycles. The number of thiophene rings is 1. The summed E-state index contributed by atoms with van der Waals surface area (Å²) in [6, 6.07) is 4.62. The van der Waals surface area contributed by atoms with Crippen molar-refractivity contribution in [2.24, 2.45) is 5.92 Å². The number of nitrogens with one attached hydrogen (secondary N) is 1. The highest BCUT2D eigenvalue weighted by Crippen LogP contribution is 2.21. The van der Waals surface area contributed by atoms with Crippen molar-refractivity contribution in [2.75, 3.05) is 33.7 Å². The quantitative estimate of drug-likeness (QED) is 0.860. The summed E-state index contributed by atoms with van der Waals surface area (Å²) in [7, 11) is 4.11. The van der Waals surface area contributed by atoms with Gasteiger partial charge in [0.2, 0.25) is 5.91 Å². The van der Waals surface area contributed by atoms with Gasteiger partial charge in [-0.15, -0.1) is 23.7 Å². The van der Waals surface area contributed by atoms with Gasteiger partial charge in [0, 0.05) is 29.9 Å². The lowest BCUT2D eigenvalue weighted by molar-refractivity contribution is -0.137. The van der Waals surface area contributed by atoms with Gasteiger partial charge in [0.25, 0.3) is 0 Å². The summed E-state index contributed by atoms with van der Waals surface area (Å²) in [6.45, 7) is 5.60. The van der Waals surface area contributed by atoms with E-state index in [2.05, 4.69) is 53.6 Å². The molecule has 1 aromatic heterocycles. The second-order valence-corrected chi connectivity index (χ2v) is 7.25. The summed E-state index contributed by atoms with van der Waals surface area (Å²) in [4.78, 5) is 18.3. The minimum Gasteiger partial charge on any atom is -0.336 e. The van der Waals surface area contributed by atoms with Crippen LogP contribution in [0.5, 0.6) is 0 Å². The monoisotopic (exact) mass is 345 g/mol. The lowest BCUT2D eigenvalue weighted by Gasteiger charge is -2.32. The molecule has 1 aromatic rings. The van der Waals surface area contributed by atoms with Gasteiger partial charge in [-0.2, -0.15) is 0 Å². The molecule has 1 saturated heterocycles. The molecule has 1 aliphatic heterocycles. The molecule has 0 aromatic carbocycles. The van der Waals surface area contributed by atoms with Crippen LogP contribution >= 0.6 is 23.7 Å². The van der Waals surface area contributed by atoms with Gasteiger partial charge in [-0.1, -0.05) is 6.07 Å². The predicted octanol–water partition coefficient (Wildman–Crippen LogP) is 2.45. The van der Waals surface area contributed by atoms with Crippen LogP contribution in [-0.2, 0) is 11.3 Å². The molecular formula is C16H28ClN3OS. The van der Waals surface area contributed by atoms with Crippen molar-refractivity contribution in [3.8, 4) is 0 Å². The number of carbonyl (C=O) groups is 1. The van der Waals surface area contributed by atoms with Crippen molar-refractivity contribution in [1.82, 2.24) is 15.1 Å². The fourth-order valence-electron chi connectivity index (χ4n) is 2.79. The minimum absolute atomic E-state index is 0. The maximum absolute atomic E-state index is 12.9. The molecule has 1 fully saturated rings. The summed E-state index contributed by atoms with van der Waals surface area (Å²) in [5.74, 6) is 0.516. The largest absolute Gasteiger partial charge is 0.336 e. The number of carbonyl (C=O) groups excluding carboxylic acids is 1. The summed E-state index contributed by atoms with van der Waals surface area (Å²) in [5.41, 5.74) is 0. The van der Waals surface area contributed by atoms with Crippen molar-refractivity contribution in [3.63, 3.8) is 0 Å². The highest BCUT2D eigenvalue weighted by molar-refractivity contribution is 7.09. The minimum atomic E-state index is 0. The number of rotatable bonds is 6. The Balaban J connectivity index is 0.00000242. The van der Waals surface area contributed by atoms with Crippen LogP contribution in [0.1, 0.15) is 24.6 Å². The molecule has 22 heavy (non-hydrogen) atoms. The highest BCUT2D eigenvalue weighted by atomic mass is 35.5. The van der Waals surface area contributed by atoms with Crippen LogP contribution in [0.2, 0.25) is 0 Å². The summed E-state index contributed by atoms with van der Waals surface area (Å²) in [6.07, 6.45) is 1.92. The Labute approximate surface area is 144 Å². The van der Waals surface area contributed by atoms with Crippen molar-refractivity contribution in [2.45, 2.75) is 32.4 Å². The van der Waals surface area contributed by atoms with Crippen LogP contribution in [0.3, 0.4) is 0 Å². The van der Waals surface area contributed by atoms with E-state index >= 15 is 0 Å². The normalized spacial score (nSPS) is 21.5. The molecule has 6 heteroatoms. The third-order valence-electron chi connectivity index (χ3n) is 4.03. The molecule has 0 aliphatic carbocycles. The first-order valence-electron chi connectivity index (χ1n) is 7.75. The summed E-state index contributed by atoms with van der Waals surface area (Å²) < 4.78 is 0. The van der Waals surface area contributed by atoms with Crippen LogP contribution in [0.25, 0.3) is 0 Å². The van der Waals surface area contributed by atoms with Crippen molar-refractivity contribution in [3.05, 3.63) is 22.4 Å². The third kappa shape index (κ3) is 5.88. The van der Waals surface area contributed by atoms with Gasteiger partial charge < -0.3 is 15.1 Å². The zero-order valence-electron chi connectivity index (χ0n) is 13.7. The molecule has 2 heterocycles. The van der Waals surface area contributed by atoms with E-state index in [9.17, 15) is 4.79 Å². The average molecular weight is 346 g/mol. The topological polar surface area (TPSA) is 35.6 Å². The first kappa shape index (κ1) is 19.4. The van der Waals surface area contributed by atoms with E-state index in [1.165, 1.54) is 4.88 Å². The van der Waals surface area contributed by atoms with Crippen LogP contribution in [-0.4, -0.2) is 55.5 Å². The molecular weight excluding hydrogens is 318 g/mol. The van der Waals surface area contributed by atoms with Crippen LogP contribution < -0.4 is 5.32 Å². The first-order valence-corrected chi connectivity index (χ1v) is 8.63. The Kier molecular flexibility index (Phi) is 8.39. The number of amides is 1. The Hall–Kier alpha value is -0.620. The molecule has 0 spiro atoms. The first-order chi connectivity index (χ1) is 10.1. The predicted molar refractivity (Wildman–Crippen MR) is 95.7 cm³/mol. The molecule has 2 atom stereocenters. The number of hydrogen-bond donors (Lipinski definition) is 1. The fraction of sp³-hybridized carbons (Fsp3) is 0.688. The number of likely N-dealkylation sites (N-methyl/N-ethyl adjacent to an activating group) is 1. The van der Waals surface area contributed by atoms with Crippen molar-refractivity contribution < 1.29 is 4.79 Å². The van der Waals surface area contributed by atoms with Crippen molar-refractivity contribution in [1.29, 1.82) is 0 Å². The zero-order valence-corrected chi connectivity index (χ0v) is 15.4. The molecule has 126 valence electrons. The number of halogens is 1. The zero-order chi connectivity index (χ0) is 15.2. The summed E-state index contributed by atoms with van der Waals surface area (Å²) >= 11 is 1.73. The van der Waals surface area contributed by atoms with Gasteiger partial charge in [0.1, 0.15) is 0 Å². The molecule has 1 amide bonds. The van der Waals surface area contributed by atoms with Gasteiger partial charge in [-0.3, -0.25) is 4.79 Å². The second kappa shape index (κ2) is 9.50. The lowest BCUT2D eigenvalue weighted by atomic mass is 9.92. The lowest BCUT2D eigenvalue weighted by Crippen LogP contribution is -2.45. The maximum Gasteiger partial charge on any atom is 0.226 e. The van der Waals surface area contributed by atoms with Crippen molar-refractivity contribution >= 4 is 29.7 Å². The second-order valence-electron chi connectivity index (χ2n) is 6.22. The maximum atomic E-state index is 12.9. The standard InChI is InChI=1S/C16H27N3OS.ClH/c1-13-11-14(6-7-17-13)16(20)19(9-8-18(2)3)12-15-5-4-10-21-15;/h4-5,10,13-14,17H,6-9,11-12H2,1-3H3;1H/t13-,14-;/m0./s1. The number of nitrogens with zero attached hydrogens (tertiary/aromatic N) is 2. The Morgan fingerprint density at radius 1 is 1.41 bits per heavy atom. The number of hydrogen-bond acceptors (Lipinski definition) is 4. The molecule has 0 unspecified atom stereocenters. The SMILES string of the molecule is C[C@H]1C[C@@H](C(=O)N(CCN(C)C)Cc2cccs2)CCN1.Cl. The molecule has 0 bridgehead atoms. The molecule has 4 nitrogen and oxygen atoms in total. The van der Waals surface area contributed by atoms with Gasteiger partial charge in [-0.05, 0) is 51.9 Å².